The zero-order chi connectivity index (χ0) is 16.2. The van der Waals surface area contributed by atoms with Crippen LogP contribution in [0.4, 0.5) is 10.6 Å². The second-order valence-corrected chi connectivity index (χ2v) is 6.46. The van der Waals surface area contributed by atoms with Crippen LogP contribution in [0.5, 0.6) is 0 Å². The van der Waals surface area contributed by atoms with Crippen LogP contribution >= 0.6 is 0 Å². The van der Waals surface area contributed by atoms with Crippen molar-refractivity contribution in [3.63, 3.8) is 0 Å². The highest BCUT2D eigenvalue weighted by Gasteiger charge is 2.23. The van der Waals surface area contributed by atoms with Crippen LogP contribution < -0.4 is 5.32 Å². The zero-order valence-electron chi connectivity index (χ0n) is 13.3. The Labute approximate surface area is 130 Å². The summed E-state index contributed by atoms with van der Waals surface area (Å²) in [5.74, 6) is 0.437. The molecule has 1 aliphatic heterocycles. The van der Waals surface area contributed by atoms with Gasteiger partial charge in [0.05, 0.1) is 6.04 Å². The van der Waals surface area contributed by atoms with E-state index in [1.807, 2.05) is 11.0 Å². The van der Waals surface area contributed by atoms with Crippen LogP contribution in [0, 0.1) is 0 Å². The van der Waals surface area contributed by atoms with Crippen molar-refractivity contribution < 1.29 is 14.3 Å². The molecule has 1 atom stereocenters. The first kappa shape index (κ1) is 16.3. The Morgan fingerprint density at radius 1 is 1.41 bits per heavy atom. The lowest BCUT2D eigenvalue weighted by Gasteiger charge is -2.32. The summed E-state index contributed by atoms with van der Waals surface area (Å²) in [6.07, 6.45) is 5.17. The van der Waals surface area contributed by atoms with E-state index < -0.39 is 11.7 Å². The number of nitrogens with one attached hydrogen (secondary N) is 1. The Bertz CT molecular complexity index is 522. The molecule has 0 radical (unpaired) electrons. The molecule has 1 fully saturated rings. The monoisotopic (exact) mass is 305 g/mol. The van der Waals surface area contributed by atoms with Crippen LogP contribution in [0.3, 0.4) is 0 Å². The second-order valence-electron chi connectivity index (χ2n) is 6.46. The predicted molar refractivity (Wildman–Crippen MR) is 83.5 cm³/mol. The zero-order valence-corrected chi connectivity index (χ0v) is 13.3. The van der Waals surface area contributed by atoms with E-state index >= 15 is 0 Å². The Hall–Kier alpha value is -2.11. The lowest BCUT2D eigenvalue weighted by atomic mass is 9.97. The van der Waals surface area contributed by atoms with Crippen molar-refractivity contribution in [1.29, 1.82) is 0 Å². The summed E-state index contributed by atoms with van der Waals surface area (Å²) in [7, 11) is 0. The molecular formula is C16H23N3O3. The fourth-order valence-electron chi connectivity index (χ4n) is 2.52. The number of piperidine rings is 1. The van der Waals surface area contributed by atoms with Crippen molar-refractivity contribution in [1.82, 2.24) is 9.88 Å². The normalized spacial score (nSPS) is 18.7. The van der Waals surface area contributed by atoms with E-state index in [2.05, 4.69) is 10.3 Å². The first-order valence-electron chi connectivity index (χ1n) is 7.56. The summed E-state index contributed by atoms with van der Waals surface area (Å²) in [6, 6.07) is 3.71. The topological polar surface area (TPSA) is 71.5 Å². The van der Waals surface area contributed by atoms with E-state index in [9.17, 15) is 9.59 Å². The summed E-state index contributed by atoms with van der Waals surface area (Å²) >= 11 is 0. The number of nitrogens with zero attached hydrogens (tertiary/aromatic N) is 2. The van der Waals surface area contributed by atoms with E-state index in [0.29, 0.717) is 5.82 Å². The smallest absolute Gasteiger partial charge is 0.413 e. The minimum absolute atomic E-state index is 0.0781. The minimum atomic E-state index is -0.545. The molecule has 6 heteroatoms. The van der Waals surface area contributed by atoms with Crippen molar-refractivity contribution >= 4 is 18.3 Å². The molecule has 1 aliphatic rings. The molecule has 0 aromatic carbocycles. The van der Waals surface area contributed by atoms with Crippen LogP contribution in [0.2, 0.25) is 0 Å². The molecule has 0 bridgehead atoms. The van der Waals surface area contributed by atoms with Gasteiger partial charge < -0.3 is 9.64 Å². The third-order valence-electron chi connectivity index (χ3n) is 3.48. The van der Waals surface area contributed by atoms with Crippen molar-refractivity contribution in [3.8, 4) is 0 Å². The molecule has 120 valence electrons. The largest absolute Gasteiger partial charge is 0.444 e. The summed E-state index contributed by atoms with van der Waals surface area (Å²) in [6.45, 7) is 6.20. The minimum Gasteiger partial charge on any atom is -0.444 e. The van der Waals surface area contributed by atoms with Crippen molar-refractivity contribution in [2.45, 2.75) is 51.7 Å². The van der Waals surface area contributed by atoms with Gasteiger partial charge in [0.15, 0.2) is 0 Å². The standard InChI is InChI=1S/C16H23N3O3/c1-16(2,3)22-15(21)18-14-8-7-12(10-17-14)13-6-4-5-9-19(13)11-20/h7-8,10-11,13H,4-6,9H2,1-3H3,(H,17,18,21). The number of likely N-dealkylation sites (tertiary alicyclic amines) is 1. The number of ether oxygens (including phenoxy) is 1. The maximum atomic E-state index is 11.7. The molecule has 1 saturated heterocycles. The van der Waals surface area contributed by atoms with Gasteiger partial charge in [0.25, 0.3) is 0 Å². The highest BCUT2D eigenvalue weighted by atomic mass is 16.6. The number of anilines is 1. The van der Waals surface area contributed by atoms with Crippen LogP contribution in [-0.2, 0) is 9.53 Å². The van der Waals surface area contributed by atoms with Crippen LogP contribution in [0.25, 0.3) is 0 Å². The Balaban J connectivity index is 2.00. The molecule has 1 N–H and O–H groups in total. The van der Waals surface area contributed by atoms with Crippen LogP contribution in [0.15, 0.2) is 18.3 Å². The van der Waals surface area contributed by atoms with E-state index in [0.717, 1.165) is 37.8 Å². The molecule has 22 heavy (non-hydrogen) atoms. The van der Waals surface area contributed by atoms with Crippen molar-refractivity contribution in [3.05, 3.63) is 23.9 Å². The first-order chi connectivity index (χ1) is 10.4. The number of pyridine rings is 1. The Morgan fingerprint density at radius 3 is 2.77 bits per heavy atom. The first-order valence-corrected chi connectivity index (χ1v) is 7.56. The number of carbonyl (C=O) groups is 2. The van der Waals surface area contributed by atoms with Gasteiger partial charge in [-0.3, -0.25) is 10.1 Å². The maximum absolute atomic E-state index is 11.7. The van der Waals surface area contributed by atoms with Gasteiger partial charge in [0.1, 0.15) is 11.4 Å². The van der Waals surface area contributed by atoms with Gasteiger partial charge in [-0.1, -0.05) is 6.07 Å². The lowest BCUT2D eigenvalue weighted by molar-refractivity contribution is -0.121. The third-order valence-corrected chi connectivity index (χ3v) is 3.48. The third kappa shape index (κ3) is 4.44. The molecule has 2 rings (SSSR count). The summed E-state index contributed by atoms with van der Waals surface area (Å²) < 4.78 is 5.18. The van der Waals surface area contributed by atoms with E-state index in [1.165, 1.54) is 0 Å². The Morgan fingerprint density at radius 2 is 2.18 bits per heavy atom. The van der Waals surface area contributed by atoms with Gasteiger partial charge in [0, 0.05) is 12.7 Å². The maximum Gasteiger partial charge on any atom is 0.413 e. The number of carbonyl (C=O) groups excluding carboxylic acids is 2. The molecule has 2 amide bonds. The number of aromatic nitrogens is 1. The highest BCUT2D eigenvalue weighted by molar-refractivity contribution is 5.83. The molecule has 2 heterocycles. The molecular weight excluding hydrogens is 282 g/mol. The molecule has 1 aromatic heterocycles. The van der Waals surface area contributed by atoms with Gasteiger partial charge in [-0.05, 0) is 51.7 Å². The number of hydrogen-bond donors (Lipinski definition) is 1. The summed E-state index contributed by atoms with van der Waals surface area (Å²) in [5, 5.41) is 2.60. The predicted octanol–water partition coefficient (Wildman–Crippen LogP) is 3.11. The highest BCUT2D eigenvalue weighted by Crippen LogP contribution is 2.29. The molecule has 1 unspecified atom stereocenters. The van der Waals surface area contributed by atoms with E-state index in [4.69, 9.17) is 4.74 Å². The quantitative estimate of drug-likeness (QED) is 0.871. The Kier molecular flexibility index (Phi) is 5.00. The summed E-state index contributed by atoms with van der Waals surface area (Å²) in [5.41, 5.74) is 0.442. The van der Waals surface area contributed by atoms with Crippen molar-refractivity contribution in [2.24, 2.45) is 0 Å². The number of amides is 2. The molecule has 0 spiro atoms. The van der Waals surface area contributed by atoms with Gasteiger partial charge in [-0.15, -0.1) is 0 Å². The fraction of sp³-hybridized carbons (Fsp3) is 0.562. The second kappa shape index (κ2) is 6.77. The lowest BCUT2D eigenvalue weighted by Crippen LogP contribution is -2.32. The SMILES string of the molecule is CC(C)(C)OC(=O)Nc1ccc(C2CCCCN2C=O)cn1. The number of rotatable bonds is 3. The van der Waals surface area contributed by atoms with Crippen LogP contribution in [-0.4, -0.2) is 34.5 Å². The van der Waals surface area contributed by atoms with Gasteiger partial charge in [-0.25, -0.2) is 9.78 Å². The molecule has 0 aliphatic carbocycles. The van der Waals surface area contributed by atoms with Crippen molar-refractivity contribution in [2.75, 3.05) is 11.9 Å². The summed E-state index contributed by atoms with van der Waals surface area (Å²) in [4.78, 5) is 28.9. The average Bonchev–Trinajstić information content (AvgIpc) is 2.46. The van der Waals surface area contributed by atoms with Gasteiger partial charge >= 0.3 is 6.09 Å². The van der Waals surface area contributed by atoms with E-state index in [-0.39, 0.29) is 6.04 Å². The molecule has 6 nitrogen and oxygen atoms in total. The van der Waals surface area contributed by atoms with Gasteiger partial charge in [0.2, 0.25) is 6.41 Å². The molecule has 1 aromatic rings. The van der Waals surface area contributed by atoms with Gasteiger partial charge in [-0.2, -0.15) is 0 Å². The molecule has 0 saturated carbocycles. The fourth-order valence-corrected chi connectivity index (χ4v) is 2.52. The number of hydrogen-bond acceptors (Lipinski definition) is 4. The average molecular weight is 305 g/mol. The van der Waals surface area contributed by atoms with E-state index in [1.54, 1.807) is 33.0 Å². The van der Waals surface area contributed by atoms with Crippen LogP contribution in [0.1, 0.15) is 51.6 Å².